The van der Waals surface area contributed by atoms with E-state index in [9.17, 15) is 4.79 Å². The standard InChI is InChI=1S/C12H19N3OS/c1-3-14-4-6-15(7-5-14)12(16)8-11-9-17-10(2)13-11/h9H,3-8H2,1-2H3. The number of aryl methyl sites for hydroxylation is 1. The molecule has 0 N–H and O–H groups in total. The quantitative estimate of drug-likeness (QED) is 0.811. The van der Waals surface area contributed by atoms with Crippen LogP contribution in [0.15, 0.2) is 5.38 Å². The van der Waals surface area contributed by atoms with Gasteiger partial charge in [0, 0.05) is 31.6 Å². The van der Waals surface area contributed by atoms with Gasteiger partial charge < -0.3 is 9.80 Å². The smallest absolute Gasteiger partial charge is 0.228 e. The lowest BCUT2D eigenvalue weighted by atomic mass is 10.2. The van der Waals surface area contributed by atoms with E-state index in [1.807, 2.05) is 17.2 Å². The molecule has 94 valence electrons. The number of hydrogen-bond acceptors (Lipinski definition) is 4. The van der Waals surface area contributed by atoms with Crippen molar-refractivity contribution < 1.29 is 4.79 Å². The zero-order valence-electron chi connectivity index (χ0n) is 10.5. The predicted molar refractivity (Wildman–Crippen MR) is 69.2 cm³/mol. The van der Waals surface area contributed by atoms with Gasteiger partial charge in [0.1, 0.15) is 0 Å². The van der Waals surface area contributed by atoms with Crippen LogP contribution in [0.4, 0.5) is 0 Å². The molecule has 1 fully saturated rings. The molecule has 0 unspecified atom stereocenters. The molecule has 0 spiro atoms. The maximum atomic E-state index is 12.0. The number of rotatable bonds is 3. The van der Waals surface area contributed by atoms with E-state index in [0.717, 1.165) is 43.4 Å². The molecule has 2 rings (SSSR count). The fourth-order valence-corrected chi connectivity index (χ4v) is 2.68. The van der Waals surface area contributed by atoms with Crippen molar-refractivity contribution in [2.75, 3.05) is 32.7 Å². The van der Waals surface area contributed by atoms with Crippen molar-refractivity contribution in [1.82, 2.24) is 14.8 Å². The van der Waals surface area contributed by atoms with E-state index in [-0.39, 0.29) is 5.91 Å². The summed E-state index contributed by atoms with van der Waals surface area (Å²) in [6, 6.07) is 0. The van der Waals surface area contributed by atoms with Gasteiger partial charge in [0.25, 0.3) is 0 Å². The maximum Gasteiger partial charge on any atom is 0.228 e. The first-order chi connectivity index (χ1) is 8.19. The molecule has 1 aliphatic heterocycles. The van der Waals surface area contributed by atoms with Gasteiger partial charge in [-0.25, -0.2) is 4.98 Å². The number of aromatic nitrogens is 1. The molecule has 0 saturated carbocycles. The van der Waals surface area contributed by atoms with Gasteiger partial charge in [0.15, 0.2) is 0 Å². The summed E-state index contributed by atoms with van der Waals surface area (Å²) in [5.41, 5.74) is 0.912. The Morgan fingerprint density at radius 2 is 2.12 bits per heavy atom. The summed E-state index contributed by atoms with van der Waals surface area (Å²) < 4.78 is 0. The summed E-state index contributed by atoms with van der Waals surface area (Å²) in [6.07, 6.45) is 0.455. The molecule has 1 aromatic heterocycles. The van der Waals surface area contributed by atoms with E-state index in [4.69, 9.17) is 0 Å². The first-order valence-corrected chi connectivity index (χ1v) is 6.98. The average molecular weight is 253 g/mol. The molecule has 0 radical (unpaired) electrons. The summed E-state index contributed by atoms with van der Waals surface area (Å²) in [7, 11) is 0. The summed E-state index contributed by atoms with van der Waals surface area (Å²) in [5.74, 6) is 0.214. The second-order valence-corrected chi connectivity index (χ2v) is 5.41. The fourth-order valence-electron chi connectivity index (χ4n) is 2.07. The maximum absolute atomic E-state index is 12.0. The van der Waals surface area contributed by atoms with E-state index >= 15 is 0 Å². The Labute approximate surface area is 106 Å². The van der Waals surface area contributed by atoms with E-state index in [2.05, 4.69) is 16.8 Å². The minimum atomic E-state index is 0.214. The van der Waals surface area contributed by atoms with Crippen LogP contribution >= 0.6 is 11.3 Å². The number of hydrogen-bond donors (Lipinski definition) is 0. The Morgan fingerprint density at radius 1 is 1.41 bits per heavy atom. The molecule has 4 nitrogen and oxygen atoms in total. The first kappa shape index (κ1) is 12.5. The van der Waals surface area contributed by atoms with Gasteiger partial charge in [-0.2, -0.15) is 0 Å². The highest BCUT2D eigenvalue weighted by molar-refractivity contribution is 7.09. The van der Waals surface area contributed by atoms with Crippen LogP contribution in [0.2, 0.25) is 0 Å². The molecule has 1 aromatic rings. The van der Waals surface area contributed by atoms with Gasteiger partial charge in [-0.1, -0.05) is 6.92 Å². The lowest BCUT2D eigenvalue weighted by Gasteiger charge is -2.34. The summed E-state index contributed by atoms with van der Waals surface area (Å²) in [4.78, 5) is 20.7. The van der Waals surface area contributed by atoms with Gasteiger partial charge in [-0.05, 0) is 13.5 Å². The minimum Gasteiger partial charge on any atom is -0.340 e. The zero-order chi connectivity index (χ0) is 12.3. The highest BCUT2D eigenvalue weighted by Gasteiger charge is 2.20. The van der Waals surface area contributed by atoms with Crippen molar-refractivity contribution >= 4 is 17.2 Å². The van der Waals surface area contributed by atoms with Crippen LogP contribution in [0.1, 0.15) is 17.6 Å². The number of likely N-dealkylation sites (N-methyl/N-ethyl adjacent to an activating group) is 1. The van der Waals surface area contributed by atoms with Crippen LogP contribution in [0.5, 0.6) is 0 Å². The number of amides is 1. The number of piperazine rings is 1. The number of nitrogens with zero attached hydrogens (tertiary/aromatic N) is 3. The molecule has 1 saturated heterocycles. The van der Waals surface area contributed by atoms with Gasteiger partial charge in [-0.15, -0.1) is 11.3 Å². The molecule has 1 amide bonds. The monoisotopic (exact) mass is 253 g/mol. The van der Waals surface area contributed by atoms with E-state index < -0.39 is 0 Å². The third-order valence-corrected chi connectivity index (χ3v) is 3.99. The SMILES string of the molecule is CCN1CCN(C(=O)Cc2csc(C)n2)CC1. The normalized spacial score (nSPS) is 17.4. The molecular weight excluding hydrogens is 234 g/mol. The highest BCUT2D eigenvalue weighted by Crippen LogP contribution is 2.10. The first-order valence-electron chi connectivity index (χ1n) is 6.10. The molecular formula is C12H19N3OS. The van der Waals surface area contributed by atoms with Gasteiger partial charge >= 0.3 is 0 Å². The molecule has 0 bridgehead atoms. The molecule has 0 aromatic carbocycles. The molecule has 1 aliphatic rings. The van der Waals surface area contributed by atoms with E-state index in [1.165, 1.54) is 0 Å². The summed E-state index contributed by atoms with van der Waals surface area (Å²) >= 11 is 1.61. The highest BCUT2D eigenvalue weighted by atomic mass is 32.1. The van der Waals surface area contributed by atoms with Crippen LogP contribution in [0.3, 0.4) is 0 Å². The Hall–Kier alpha value is -0.940. The van der Waals surface area contributed by atoms with Crippen molar-refractivity contribution in [3.63, 3.8) is 0 Å². The van der Waals surface area contributed by atoms with Crippen molar-refractivity contribution in [1.29, 1.82) is 0 Å². The Kier molecular flexibility index (Phi) is 4.12. The predicted octanol–water partition coefficient (Wildman–Crippen LogP) is 1.16. The van der Waals surface area contributed by atoms with Crippen molar-refractivity contribution in [3.8, 4) is 0 Å². The van der Waals surface area contributed by atoms with E-state index in [1.54, 1.807) is 11.3 Å². The van der Waals surface area contributed by atoms with Crippen molar-refractivity contribution in [2.24, 2.45) is 0 Å². The molecule has 2 heterocycles. The van der Waals surface area contributed by atoms with Crippen LogP contribution in [-0.2, 0) is 11.2 Å². The molecule has 0 aliphatic carbocycles. The second kappa shape index (κ2) is 5.60. The van der Waals surface area contributed by atoms with Gasteiger partial charge in [-0.3, -0.25) is 4.79 Å². The Morgan fingerprint density at radius 3 is 2.65 bits per heavy atom. The van der Waals surface area contributed by atoms with Gasteiger partial charge in [0.05, 0.1) is 17.1 Å². The minimum absolute atomic E-state index is 0.214. The average Bonchev–Trinajstić information content (AvgIpc) is 2.75. The number of carbonyl (C=O) groups is 1. The molecule has 5 heteroatoms. The molecule has 17 heavy (non-hydrogen) atoms. The van der Waals surface area contributed by atoms with Crippen LogP contribution in [0, 0.1) is 6.92 Å². The lowest BCUT2D eigenvalue weighted by Crippen LogP contribution is -2.48. The topological polar surface area (TPSA) is 36.4 Å². The third kappa shape index (κ3) is 3.26. The second-order valence-electron chi connectivity index (χ2n) is 4.35. The number of carbonyl (C=O) groups excluding carboxylic acids is 1. The third-order valence-electron chi connectivity index (χ3n) is 3.17. The van der Waals surface area contributed by atoms with E-state index in [0.29, 0.717) is 6.42 Å². The lowest BCUT2D eigenvalue weighted by molar-refractivity contribution is -0.132. The van der Waals surface area contributed by atoms with Gasteiger partial charge in [0.2, 0.25) is 5.91 Å². The number of thiazole rings is 1. The van der Waals surface area contributed by atoms with Crippen LogP contribution in [0.25, 0.3) is 0 Å². The van der Waals surface area contributed by atoms with Crippen molar-refractivity contribution in [3.05, 3.63) is 16.1 Å². The summed E-state index contributed by atoms with van der Waals surface area (Å²) in [5, 5.41) is 3.01. The summed E-state index contributed by atoms with van der Waals surface area (Å²) in [6.45, 7) is 8.92. The van der Waals surface area contributed by atoms with Crippen LogP contribution < -0.4 is 0 Å². The van der Waals surface area contributed by atoms with Crippen molar-refractivity contribution in [2.45, 2.75) is 20.3 Å². The Bertz CT molecular complexity index is 383. The van der Waals surface area contributed by atoms with Crippen LogP contribution in [-0.4, -0.2) is 53.4 Å². The Balaban J connectivity index is 1.85. The largest absolute Gasteiger partial charge is 0.340 e. The zero-order valence-corrected chi connectivity index (χ0v) is 11.3. The fraction of sp³-hybridized carbons (Fsp3) is 0.667. The molecule has 0 atom stereocenters.